The van der Waals surface area contributed by atoms with Crippen molar-refractivity contribution in [2.75, 3.05) is 6.54 Å². The standard InChI is InChI=1S/C13H19BrN4O/c1-5-6-15-11(10-7-8(2)19-9(10)3)12-13(14)16-17-18(12)4/h7,11,15H,5-6H2,1-4H3. The molecule has 0 aliphatic carbocycles. The monoisotopic (exact) mass is 326 g/mol. The van der Waals surface area contributed by atoms with Crippen molar-refractivity contribution >= 4 is 15.9 Å². The summed E-state index contributed by atoms with van der Waals surface area (Å²) in [6.07, 6.45) is 1.06. The fourth-order valence-corrected chi connectivity index (χ4v) is 2.78. The van der Waals surface area contributed by atoms with Gasteiger partial charge in [0.15, 0.2) is 4.60 Å². The summed E-state index contributed by atoms with van der Waals surface area (Å²) in [7, 11) is 1.90. The van der Waals surface area contributed by atoms with Gasteiger partial charge in [-0.3, -0.25) is 0 Å². The van der Waals surface area contributed by atoms with Crippen LogP contribution in [-0.4, -0.2) is 21.5 Å². The van der Waals surface area contributed by atoms with Crippen LogP contribution in [-0.2, 0) is 7.05 Å². The summed E-state index contributed by atoms with van der Waals surface area (Å²) in [6.45, 7) is 7.02. The normalized spacial score (nSPS) is 12.9. The SMILES string of the molecule is CCCNC(c1cc(C)oc1C)c1c(Br)nnn1C. The average molecular weight is 327 g/mol. The molecule has 0 saturated carbocycles. The molecular formula is C13H19BrN4O. The van der Waals surface area contributed by atoms with E-state index < -0.39 is 0 Å². The Morgan fingerprint density at radius 1 is 1.47 bits per heavy atom. The highest BCUT2D eigenvalue weighted by Crippen LogP contribution is 2.30. The van der Waals surface area contributed by atoms with Crippen molar-refractivity contribution in [3.63, 3.8) is 0 Å². The number of hydrogen-bond acceptors (Lipinski definition) is 4. The van der Waals surface area contributed by atoms with Gasteiger partial charge in [0.05, 0.1) is 11.7 Å². The molecule has 0 radical (unpaired) electrons. The highest BCUT2D eigenvalue weighted by Gasteiger charge is 2.24. The number of hydrogen-bond donors (Lipinski definition) is 1. The molecule has 104 valence electrons. The molecule has 1 N–H and O–H groups in total. The quantitative estimate of drug-likeness (QED) is 0.917. The molecular weight excluding hydrogens is 308 g/mol. The fraction of sp³-hybridized carbons (Fsp3) is 0.538. The zero-order valence-electron chi connectivity index (χ0n) is 11.7. The molecule has 2 rings (SSSR count). The van der Waals surface area contributed by atoms with E-state index in [1.165, 1.54) is 0 Å². The van der Waals surface area contributed by atoms with Gasteiger partial charge in [-0.25, -0.2) is 4.68 Å². The second-order valence-electron chi connectivity index (χ2n) is 4.64. The van der Waals surface area contributed by atoms with Crippen molar-refractivity contribution < 1.29 is 4.42 Å². The van der Waals surface area contributed by atoms with E-state index in [1.807, 2.05) is 20.9 Å². The Hall–Kier alpha value is -1.14. The molecule has 2 heterocycles. The lowest BCUT2D eigenvalue weighted by Crippen LogP contribution is -2.25. The van der Waals surface area contributed by atoms with Crippen LogP contribution in [0.4, 0.5) is 0 Å². The highest BCUT2D eigenvalue weighted by atomic mass is 79.9. The Morgan fingerprint density at radius 2 is 2.21 bits per heavy atom. The van der Waals surface area contributed by atoms with Gasteiger partial charge in [-0.05, 0) is 48.8 Å². The Labute approximate surface area is 121 Å². The lowest BCUT2D eigenvalue weighted by atomic mass is 10.0. The van der Waals surface area contributed by atoms with Crippen LogP contribution in [0.5, 0.6) is 0 Å². The first-order valence-corrected chi connectivity index (χ1v) is 7.19. The number of furan rings is 1. The maximum absolute atomic E-state index is 5.65. The van der Waals surface area contributed by atoms with E-state index in [2.05, 4.69) is 44.5 Å². The lowest BCUT2D eigenvalue weighted by Gasteiger charge is -2.18. The van der Waals surface area contributed by atoms with E-state index in [9.17, 15) is 0 Å². The van der Waals surface area contributed by atoms with Crippen LogP contribution in [0.3, 0.4) is 0 Å². The van der Waals surface area contributed by atoms with Gasteiger partial charge in [-0.1, -0.05) is 12.1 Å². The third kappa shape index (κ3) is 2.90. The minimum atomic E-state index is 0.0341. The molecule has 5 nitrogen and oxygen atoms in total. The molecule has 6 heteroatoms. The van der Waals surface area contributed by atoms with Gasteiger partial charge < -0.3 is 9.73 Å². The molecule has 0 aromatic carbocycles. The summed E-state index contributed by atoms with van der Waals surface area (Å²) in [5.74, 6) is 1.85. The van der Waals surface area contributed by atoms with Crippen LogP contribution < -0.4 is 5.32 Å². The van der Waals surface area contributed by atoms with Crippen molar-refractivity contribution in [3.8, 4) is 0 Å². The van der Waals surface area contributed by atoms with Crippen molar-refractivity contribution in [2.45, 2.75) is 33.2 Å². The first-order valence-electron chi connectivity index (χ1n) is 6.40. The average Bonchev–Trinajstić information content (AvgIpc) is 2.85. The predicted octanol–water partition coefficient (Wildman–Crippen LogP) is 2.88. The largest absolute Gasteiger partial charge is 0.466 e. The lowest BCUT2D eigenvalue weighted by molar-refractivity contribution is 0.488. The molecule has 19 heavy (non-hydrogen) atoms. The van der Waals surface area contributed by atoms with Crippen LogP contribution in [0.25, 0.3) is 0 Å². The summed E-state index contributed by atoms with van der Waals surface area (Å²) in [5, 5.41) is 11.7. The molecule has 0 aliphatic heterocycles. The number of rotatable bonds is 5. The second-order valence-corrected chi connectivity index (χ2v) is 5.40. The number of aromatic nitrogens is 3. The van der Waals surface area contributed by atoms with Crippen LogP contribution in [0, 0.1) is 13.8 Å². The summed E-state index contributed by atoms with van der Waals surface area (Å²) >= 11 is 3.47. The molecule has 0 spiro atoms. The van der Waals surface area contributed by atoms with E-state index in [-0.39, 0.29) is 6.04 Å². The van der Waals surface area contributed by atoms with Gasteiger partial charge in [0.1, 0.15) is 11.5 Å². The predicted molar refractivity (Wildman–Crippen MR) is 77.0 cm³/mol. The van der Waals surface area contributed by atoms with Gasteiger partial charge in [-0.2, -0.15) is 0 Å². The second kappa shape index (κ2) is 5.88. The van der Waals surface area contributed by atoms with Crippen molar-refractivity contribution in [1.29, 1.82) is 0 Å². The van der Waals surface area contributed by atoms with Crippen molar-refractivity contribution in [1.82, 2.24) is 20.3 Å². The minimum absolute atomic E-state index is 0.0341. The van der Waals surface area contributed by atoms with Gasteiger partial charge in [0.25, 0.3) is 0 Å². The van der Waals surface area contributed by atoms with Gasteiger partial charge in [-0.15, -0.1) is 5.10 Å². The molecule has 1 unspecified atom stereocenters. The Kier molecular flexibility index (Phi) is 4.42. The fourth-order valence-electron chi connectivity index (χ4n) is 2.22. The molecule has 1 atom stereocenters. The topological polar surface area (TPSA) is 55.9 Å². The molecule has 0 saturated heterocycles. The maximum atomic E-state index is 5.65. The molecule has 0 amide bonds. The van der Waals surface area contributed by atoms with Gasteiger partial charge in [0.2, 0.25) is 0 Å². The van der Waals surface area contributed by atoms with Crippen LogP contribution >= 0.6 is 15.9 Å². The van der Waals surface area contributed by atoms with E-state index in [0.717, 1.165) is 40.3 Å². The Balaban J connectivity index is 2.44. The maximum Gasteiger partial charge on any atom is 0.153 e. The zero-order valence-corrected chi connectivity index (χ0v) is 13.3. The molecule has 0 aliphatic rings. The van der Waals surface area contributed by atoms with Gasteiger partial charge >= 0.3 is 0 Å². The molecule has 0 bridgehead atoms. The first-order chi connectivity index (χ1) is 9.04. The molecule has 0 fully saturated rings. The molecule has 2 aromatic rings. The van der Waals surface area contributed by atoms with Crippen LogP contribution in [0.15, 0.2) is 15.1 Å². The smallest absolute Gasteiger partial charge is 0.153 e. The molecule has 2 aromatic heterocycles. The van der Waals surface area contributed by atoms with E-state index >= 15 is 0 Å². The number of halogens is 1. The number of nitrogens with one attached hydrogen (secondary N) is 1. The summed E-state index contributed by atoms with van der Waals surface area (Å²) in [5.41, 5.74) is 2.15. The summed E-state index contributed by atoms with van der Waals surface area (Å²) in [4.78, 5) is 0. The first kappa shape index (κ1) is 14.3. The van der Waals surface area contributed by atoms with Crippen LogP contribution in [0.1, 0.15) is 42.2 Å². The van der Waals surface area contributed by atoms with Crippen molar-refractivity contribution in [2.24, 2.45) is 7.05 Å². The Bertz CT molecular complexity index is 541. The third-order valence-electron chi connectivity index (χ3n) is 3.09. The summed E-state index contributed by atoms with van der Waals surface area (Å²) < 4.78 is 8.20. The van der Waals surface area contributed by atoms with Crippen LogP contribution in [0.2, 0.25) is 0 Å². The van der Waals surface area contributed by atoms with Gasteiger partial charge in [0, 0.05) is 12.6 Å². The van der Waals surface area contributed by atoms with E-state index in [1.54, 1.807) is 4.68 Å². The highest BCUT2D eigenvalue weighted by molar-refractivity contribution is 9.10. The number of aryl methyl sites for hydroxylation is 3. The third-order valence-corrected chi connectivity index (χ3v) is 3.65. The Morgan fingerprint density at radius 3 is 2.68 bits per heavy atom. The van der Waals surface area contributed by atoms with E-state index in [0.29, 0.717) is 0 Å². The zero-order chi connectivity index (χ0) is 14.0. The summed E-state index contributed by atoms with van der Waals surface area (Å²) in [6, 6.07) is 2.11. The van der Waals surface area contributed by atoms with Crippen molar-refractivity contribution in [3.05, 3.63) is 33.4 Å². The van der Waals surface area contributed by atoms with E-state index in [4.69, 9.17) is 4.42 Å². The number of nitrogens with zero attached hydrogens (tertiary/aromatic N) is 3. The minimum Gasteiger partial charge on any atom is -0.466 e.